The lowest BCUT2D eigenvalue weighted by molar-refractivity contribution is 0.102. The van der Waals surface area contributed by atoms with Gasteiger partial charge < -0.3 is 5.73 Å². The number of nitrogens with two attached hydrogens (primary N) is 1. The van der Waals surface area contributed by atoms with E-state index in [4.69, 9.17) is 5.73 Å². The molecular weight excluding hydrogens is 392 g/mol. The van der Waals surface area contributed by atoms with Crippen molar-refractivity contribution < 1.29 is 4.79 Å². The number of nitrogens with one attached hydrogen (secondary N) is 2. The number of nitrogen functional groups attached to an aromatic ring is 1. The first-order chi connectivity index (χ1) is 14.0. The van der Waals surface area contributed by atoms with Gasteiger partial charge in [0.1, 0.15) is 17.2 Å². The average molecular weight is 410 g/mol. The van der Waals surface area contributed by atoms with Crippen LogP contribution in [-0.2, 0) is 0 Å². The fourth-order valence-corrected chi connectivity index (χ4v) is 3.55. The first-order valence-electron chi connectivity index (χ1n) is 8.99. The molecule has 1 aliphatic carbocycles. The molecule has 0 spiro atoms. The van der Waals surface area contributed by atoms with E-state index in [0.29, 0.717) is 11.0 Å². The molecule has 0 saturated heterocycles. The first-order valence-corrected chi connectivity index (χ1v) is 9.97. The zero-order valence-corrected chi connectivity index (χ0v) is 16.1. The molecule has 3 aromatic rings. The molecule has 0 aliphatic heterocycles. The van der Waals surface area contributed by atoms with E-state index < -0.39 is 17.0 Å². The molecule has 1 aromatic carbocycles. The maximum absolute atomic E-state index is 12.6. The summed E-state index contributed by atoms with van der Waals surface area (Å²) in [5, 5.41) is 7.22. The monoisotopic (exact) mass is 410 g/mol. The summed E-state index contributed by atoms with van der Waals surface area (Å²) < 4.78 is 1.29. The van der Waals surface area contributed by atoms with Crippen molar-refractivity contribution in [3.8, 4) is 0 Å². The van der Waals surface area contributed by atoms with Crippen LogP contribution in [0.25, 0.3) is 12.2 Å². The third-order valence-corrected chi connectivity index (χ3v) is 5.27. The number of hydrogen-bond acceptors (Lipinski definition) is 7. The Morgan fingerprint density at radius 2 is 2.00 bits per heavy atom. The summed E-state index contributed by atoms with van der Waals surface area (Å²) in [6, 6.07) is 9.69. The highest BCUT2D eigenvalue weighted by atomic mass is 32.2. The van der Waals surface area contributed by atoms with Gasteiger partial charge in [0.25, 0.3) is 5.56 Å². The van der Waals surface area contributed by atoms with Crippen molar-refractivity contribution in [2.45, 2.75) is 24.0 Å². The Balaban J connectivity index is 1.45. The number of aromatic amines is 2. The molecule has 0 bridgehead atoms. The number of rotatable bonds is 7. The Morgan fingerprint density at radius 1 is 1.24 bits per heavy atom. The number of anilines is 1. The van der Waals surface area contributed by atoms with Gasteiger partial charge in [-0.3, -0.25) is 24.2 Å². The zero-order valence-electron chi connectivity index (χ0n) is 15.3. The lowest BCUT2D eigenvalue weighted by atomic mass is 10.2. The smallest absolute Gasteiger partial charge is 0.330 e. The highest BCUT2D eigenvalue weighted by Gasteiger charge is 2.30. The minimum Gasteiger partial charge on any atom is -0.384 e. The number of carbonyl (C=O) groups excluding carboxylic acids is 1. The molecule has 148 valence electrons. The largest absolute Gasteiger partial charge is 0.384 e. The normalized spacial score (nSPS) is 13.8. The standard InChI is InChI=1S/C19H18N6O3S/c20-16-15(17(27)22-19(28)25(16)12-7-8-12)13(26)10-29-18-21-14(23-24-18)9-6-11-4-2-1-3-5-11/h1-6,9,12H,7-8,10,20H2,(H,21,23,24)(H,22,27,28). The van der Waals surface area contributed by atoms with Gasteiger partial charge in [-0.05, 0) is 24.5 Å². The number of nitrogens with zero attached hydrogens (tertiary/aromatic N) is 3. The number of ketones is 1. The Kier molecular flexibility index (Phi) is 5.17. The third kappa shape index (κ3) is 4.21. The van der Waals surface area contributed by atoms with Gasteiger partial charge >= 0.3 is 5.69 Å². The second-order valence-corrected chi connectivity index (χ2v) is 7.52. The molecule has 0 radical (unpaired) electrons. The maximum Gasteiger partial charge on any atom is 0.330 e. The number of thioether (sulfide) groups is 1. The predicted octanol–water partition coefficient (Wildman–Crippen LogP) is 1.72. The van der Waals surface area contributed by atoms with Gasteiger partial charge in [-0.2, -0.15) is 0 Å². The highest BCUT2D eigenvalue weighted by Crippen LogP contribution is 2.35. The van der Waals surface area contributed by atoms with E-state index in [1.54, 1.807) is 6.08 Å². The van der Waals surface area contributed by atoms with Gasteiger partial charge in [0.05, 0.1) is 5.75 Å². The van der Waals surface area contributed by atoms with Gasteiger partial charge in [0.15, 0.2) is 5.78 Å². The third-order valence-electron chi connectivity index (χ3n) is 4.42. The minimum absolute atomic E-state index is 0.0504. The van der Waals surface area contributed by atoms with Gasteiger partial charge in [-0.25, -0.2) is 9.78 Å². The van der Waals surface area contributed by atoms with Crippen LogP contribution >= 0.6 is 11.8 Å². The molecule has 2 aromatic heterocycles. The van der Waals surface area contributed by atoms with Gasteiger partial charge in [0, 0.05) is 6.04 Å². The molecule has 0 unspecified atom stereocenters. The molecule has 9 nitrogen and oxygen atoms in total. The van der Waals surface area contributed by atoms with E-state index >= 15 is 0 Å². The summed E-state index contributed by atoms with van der Waals surface area (Å²) in [5.41, 5.74) is 5.44. The van der Waals surface area contributed by atoms with Crippen LogP contribution in [0.1, 0.15) is 40.6 Å². The number of Topliss-reactive ketones (excluding diaryl/α,β-unsaturated/α-hetero) is 1. The van der Waals surface area contributed by atoms with Crippen molar-refractivity contribution in [2.24, 2.45) is 0 Å². The SMILES string of the molecule is Nc1c(C(=O)CSc2n[nH]c(C=Cc3ccccc3)n2)c(=O)[nH]c(=O)n1C1CC1. The molecule has 2 heterocycles. The quantitative estimate of drug-likeness (QED) is 0.398. The molecule has 0 atom stereocenters. The van der Waals surface area contributed by atoms with Crippen molar-refractivity contribution in [1.29, 1.82) is 0 Å². The molecule has 0 amide bonds. The van der Waals surface area contributed by atoms with E-state index in [0.717, 1.165) is 30.2 Å². The molecule has 29 heavy (non-hydrogen) atoms. The molecule has 4 rings (SSSR count). The lowest BCUT2D eigenvalue weighted by Crippen LogP contribution is -2.36. The van der Waals surface area contributed by atoms with Crippen molar-refractivity contribution in [1.82, 2.24) is 24.7 Å². The van der Waals surface area contributed by atoms with Crippen LogP contribution in [0.4, 0.5) is 5.82 Å². The van der Waals surface area contributed by atoms with E-state index in [1.165, 1.54) is 4.57 Å². The number of hydrogen-bond donors (Lipinski definition) is 3. The van der Waals surface area contributed by atoms with E-state index in [9.17, 15) is 14.4 Å². The molecule has 10 heteroatoms. The fraction of sp³-hybridized carbons (Fsp3) is 0.211. The maximum atomic E-state index is 12.6. The second-order valence-electron chi connectivity index (χ2n) is 6.58. The first kappa shape index (κ1) is 18.9. The van der Waals surface area contributed by atoms with Crippen LogP contribution in [0.2, 0.25) is 0 Å². The molecular formula is C19H18N6O3S. The van der Waals surface area contributed by atoms with Gasteiger partial charge in [0.2, 0.25) is 5.16 Å². The second kappa shape index (κ2) is 7.92. The van der Waals surface area contributed by atoms with Crippen molar-refractivity contribution in [3.63, 3.8) is 0 Å². The van der Waals surface area contributed by atoms with Crippen LogP contribution in [0.3, 0.4) is 0 Å². The number of H-pyrrole nitrogens is 2. The Labute approximate surface area is 169 Å². The summed E-state index contributed by atoms with van der Waals surface area (Å²) in [6.45, 7) is 0. The highest BCUT2D eigenvalue weighted by molar-refractivity contribution is 7.99. The topological polar surface area (TPSA) is 140 Å². The summed E-state index contributed by atoms with van der Waals surface area (Å²) in [5.74, 6) is -0.0818. The lowest BCUT2D eigenvalue weighted by Gasteiger charge is -2.10. The van der Waals surface area contributed by atoms with Crippen molar-refractivity contribution in [2.75, 3.05) is 11.5 Å². The van der Waals surface area contributed by atoms with Crippen LogP contribution < -0.4 is 17.0 Å². The minimum atomic E-state index is -0.767. The molecule has 1 aliphatic rings. The predicted molar refractivity (Wildman–Crippen MR) is 111 cm³/mol. The number of carbonyl (C=O) groups is 1. The van der Waals surface area contributed by atoms with E-state index in [1.807, 2.05) is 36.4 Å². The number of aromatic nitrogens is 5. The summed E-state index contributed by atoms with van der Waals surface area (Å²) >= 11 is 1.08. The average Bonchev–Trinajstić information content (AvgIpc) is 3.42. The van der Waals surface area contributed by atoms with Crippen LogP contribution in [0, 0.1) is 0 Å². The fourth-order valence-electron chi connectivity index (χ4n) is 2.87. The van der Waals surface area contributed by atoms with E-state index in [-0.39, 0.29) is 23.2 Å². The Morgan fingerprint density at radius 3 is 2.72 bits per heavy atom. The van der Waals surface area contributed by atoms with Crippen LogP contribution in [0.5, 0.6) is 0 Å². The van der Waals surface area contributed by atoms with Gasteiger partial charge in [-0.1, -0.05) is 48.2 Å². The van der Waals surface area contributed by atoms with Crippen molar-refractivity contribution >= 4 is 35.5 Å². The van der Waals surface area contributed by atoms with E-state index in [2.05, 4.69) is 20.2 Å². The summed E-state index contributed by atoms with van der Waals surface area (Å²) in [4.78, 5) is 43.1. The summed E-state index contributed by atoms with van der Waals surface area (Å²) in [6.07, 6.45) is 5.27. The van der Waals surface area contributed by atoms with Crippen molar-refractivity contribution in [3.05, 3.63) is 68.1 Å². The Hall–Kier alpha value is -3.40. The number of benzene rings is 1. The molecule has 1 saturated carbocycles. The van der Waals surface area contributed by atoms with Gasteiger partial charge in [-0.15, -0.1) is 5.10 Å². The molecule has 1 fully saturated rings. The molecule has 4 N–H and O–H groups in total. The van der Waals surface area contributed by atoms with Crippen LogP contribution in [0.15, 0.2) is 45.1 Å². The Bertz CT molecular complexity index is 1190. The van der Waals surface area contributed by atoms with Crippen LogP contribution in [-0.4, -0.2) is 36.3 Å². The zero-order chi connectivity index (χ0) is 20.4. The summed E-state index contributed by atoms with van der Waals surface area (Å²) in [7, 11) is 0.